The number of nitrogens with zero attached hydrogens (tertiary/aromatic N) is 2. The van der Waals surface area contributed by atoms with E-state index in [0.29, 0.717) is 27.8 Å². The van der Waals surface area contributed by atoms with Gasteiger partial charge in [-0.1, -0.05) is 71.5 Å². The Labute approximate surface area is 202 Å². The van der Waals surface area contributed by atoms with Crippen LogP contribution < -0.4 is 5.43 Å². The molecule has 1 aromatic heterocycles. The van der Waals surface area contributed by atoms with Crippen molar-refractivity contribution < 1.29 is 14.0 Å². The van der Waals surface area contributed by atoms with E-state index in [2.05, 4.69) is 52.0 Å². The monoisotopic (exact) mass is 485 g/mol. The maximum absolute atomic E-state index is 13.0. The Kier molecular flexibility index (Phi) is 8.16. The lowest BCUT2D eigenvalue weighted by Crippen LogP contribution is -2.56. The number of rotatable bonds is 10. The molecule has 0 radical (unpaired) electrons. The fourth-order valence-corrected chi connectivity index (χ4v) is 11.6. The van der Waals surface area contributed by atoms with Gasteiger partial charge in [-0.25, -0.2) is 15.4 Å². The Morgan fingerprint density at radius 3 is 1.82 bits per heavy atom. The maximum atomic E-state index is 13.0. The second kappa shape index (κ2) is 10.5. The topological polar surface area (TPSA) is 71.5 Å². The predicted molar refractivity (Wildman–Crippen MR) is 136 cm³/mol. The van der Waals surface area contributed by atoms with Crippen LogP contribution in [0.5, 0.6) is 0 Å². The first-order valence-electron chi connectivity index (χ1n) is 11.6. The minimum absolute atomic E-state index is 0.264. The van der Waals surface area contributed by atoms with E-state index in [1.54, 1.807) is 30.5 Å². The van der Waals surface area contributed by atoms with E-state index in [0.717, 1.165) is 10.0 Å². The van der Waals surface area contributed by atoms with Gasteiger partial charge in [0.2, 0.25) is 8.32 Å². The molecule has 2 aromatic rings. The molecule has 0 saturated carbocycles. The van der Waals surface area contributed by atoms with E-state index in [9.17, 15) is 9.59 Å². The van der Waals surface area contributed by atoms with E-state index >= 15 is 0 Å². The van der Waals surface area contributed by atoms with Crippen molar-refractivity contribution in [2.45, 2.75) is 81.6 Å². The van der Waals surface area contributed by atoms with Crippen molar-refractivity contribution in [3.05, 3.63) is 59.8 Å². The molecule has 0 spiro atoms. The van der Waals surface area contributed by atoms with Crippen molar-refractivity contribution >= 4 is 31.9 Å². The van der Waals surface area contributed by atoms with Gasteiger partial charge in [0.05, 0.1) is 22.3 Å². The lowest BCUT2D eigenvalue weighted by Gasteiger charge is -2.45. The van der Waals surface area contributed by atoms with E-state index < -0.39 is 8.32 Å². The number of pyridine rings is 1. The number of aromatic nitrogens is 1. The van der Waals surface area contributed by atoms with Gasteiger partial charge >= 0.3 is 0 Å². The molecular weight excluding hydrogens is 450 g/mol. The van der Waals surface area contributed by atoms with Crippen molar-refractivity contribution in [3.63, 3.8) is 0 Å². The van der Waals surface area contributed by atoms with Crippen LogP contribution in [0, 0.1) is 0 Å². The zero-order chi connectivity index (χ0) is 24.3. The third-order valence-corrected chi connectivity index (χ3v) is 13.9. The van der Waals surface area contributed by atoms with Crippen LogP contribution in [0.15, 0.2) is 53.7 Å². The summed E-state index contributed by atoms with van der Waals surface area (Å²) in [5, 5.41) is 1.55. The van der Waals surface area contributed by atoms with Gasteiger partial charge in [0.25, 0.3) is 11.8 Å². The summed E-state index contributed by atoms with van der Waals surface area (Å²) >= 11 is 1.47. The molecular formula is C25H35N3O3SSi. The summed E-state index contributed by atoms with van der Waals surface area (Å²) in [7, 11) is -2.19. The SMILES string of the molecule is CC(C)[Si](O[C@H](C)[C@@H](NN1C(=O)c2ccccc2C1=O)Sc1ccccn1)(C(C)C)C(C)C. The molecule has 3 rings (SSSR count). The first-order valence-corrected chi connectivity index (χ1v) is 14.6. The number of amides is 2. The number of hydrazine groups is 1. The molecule has 1 aliphatic rings. The highest BCUT2D eigenvalue weighted by atomic mass is 32.2. The van der Waals surface area contributed by atoms with Crippen LogP contribution in [0.3, 0.4) is 0 Å². The molecule has 0 bridgehead atoms. The van der Waals surface area contributed by atoms with Gasteiger partial charge in [-0.3, -0.25) is 9.59 Å². The second-order valence-corrected chi connectivity index (χ2v) is 16.0. The Morgan fingerprint density at radius 2 is 1.36 bits per heavy atom. The molecule has 2 amide bonds. The predicted octanol–water partition coefficient (Wildman–Crippen LogP) is 5.88. The van der Waals surface area contributed by atoms with Crippen LogP contribution in [0.25, 0.3) is 0 Å². The molecule has 0 unspecified atom stereocenters. The fourth-order valence-electron chi connectivity index (χ4n) is 5.00. The summed E-state index contributed by atoms with van der Waals surface area (Å²) in [5.41, 5.74) is 5.29. The smallest absolute Gasteiger partial charge is 0.276 e. The summed E-state index contributed by atoms with van der Waals surface area (Å²) in [5.74, 6) is -0.677. The molecule has 33 heavy (non-hydrogen) atoms. The van der Waals surface area contributed by atoms with Crippen LogP contribution in [-0.4, -0.2) is 41.6 Å². The van der Waals surface area contributed by atoms with Crippen molar-refractivity contribution in [1.29, 1.82) is 0 Å². The number of thioether (sulfide) groups is 1. The molecule has 1 aliphatic heterocycles. The molecule has 0 saturated heterocycles. The Bertz CT molecular complexity index is 927. The number of benzene rings is 1. The summed E-state index contributed by atoms with van der Waals surface area (Å²) in [6.45, 7) is 15.5. The van der Waals surface area contributed by atoms with Gasteiger partial charge in [-0.15, -0.1) is 0 Å². The highest BCUT2D eigenvalue weighted by Crippen LogP contribution is 2.44. The Morgan fingerprint density at radius 1 is 0.848 bits per heavy atom. The average Bonchev–Trinajstić information content (AvgIpc) is 3.01. The summed E-state index contributed by atoms with van der Waals surface area (Å²) in [6.07, 6.45) is 1.47. The molecule has 0 aliphatic carbocycles. The van der Waals surface area contributed by atoms with Gasteiger partial charge in [0, 0.05) is 6.20 Å². The van der Waals surface area contributed by atoms with Gasteiger partial charge in [-0.2, -0.15) is 0 Å². The van der Waals surface area contributed by atoms with Gasteiger partial charge in [0.15, 0.2) is 0 Å². The zero-order valence-electron chi connectivity index (χ0n) is 20.5. The van der Waals surface area contributed by atoms with E-state index in [4.69, 9.17) is 4.43 Å². The van der Waals surface area contributed by atoms with Crippen molar-refractivity contribution in [3.8, 4) is 0 Å². The first-order chi connectivity index (χ1) is 15.6. The molecule has 1 aromatic carbocycles. The third kappa shape index (κ3) is 5.09. The average molecular weight is 486 g/mol. The van der Waals surface area contributed by atoms with Crippen molar-refractivity contribution in [1.82, 2.24) is 15.4 Å². The molecule has 178 valence electrons. The van der Waals surface area contributed by atoms with Gasteiger partial charge < -0.3 is 4.43 Å². The Hall–Kier alpha value is -2.00. The number of carbonyl (C=O) groups excluding carboxylic acids is 2. The lowest BCUT2D eigenvalue weighted by atomic mass is 10.1. The normalized spacial score (nSPS) is 16.1. The number of nitrogens with one attached hydrogen (secondary N) is 1. The highest BCUT2D eigenvalue weighted by Gasteiger charge is 2.47. The van der Waals surface area contributed by atoms with Crippen molar-refractivity contribution in [2.24, 2.45) is 0 Å². The fraction of sp³-hybridized carbons (Fsp3) is 0.480. The molecule has 1 N–H and O–H groups in total. The zero-order valence-corrected chi connectivity index (χ0v) is 22.3. The number of hydrogen-bond donors (Lipinski definition) is 1. The second-order valence-electron chi connectivity index (χ2n) is 9.47. The molecule has 2 heterocycles. The molecule has 2 atom stereocenters. The minimum atomic E-state index is -2.19. The number of hydrogen-bond acceptors (Lipinski definition) is 6. The first kappa shape index (κ1) is 25.6. The van der Waals surface area contributed by atoms with E-state index in [1.807, 2.05) is 25.1 Å². The largest absolute Gasteiger partial charge is 0.411 e. The van der Waals surface area contributed by atoms with Gasteiger partial charge in [-0.05, 0) is 47.8 Å². The lowest BCUT2D eigenvalue weighted by molar-refractivity contribution is 0.0512. The number of carbonyl (C=O) groups is 2. The van der Waals surface area contributed by atoms with Crippen LogP contribution in [0.2, 0.25) is 16.6 Å². The highest BCUT2D eigenvalue weighted by molar-refractivity contribution is 7.99. The molecule has 6 nitrogen and oxygen atoms in total. The third-order valence-electron chi connectivity index (χ3n) is 6.46. The van der Waals surface area contributed by atoms with E-state index in [-0.39, 0.29) is 23.3 Å². The Balaban J connectivity index is 1.92. The number of fused-ring (bicyclic) bond motifs is 1. The van der Waals surface area contributed by atoms with Crippen LogP contribution >= 0.6 is 11.8 Å². The number of imide groups is 1. The van der Waals surface area contributed by atoms with Crippen molar-refractivity contribution in [2.75, 3.05) is 0 Å². The minimum Gasteiger partial charge on any atom is -0.411 e. The van der Waals surface area contributed by atoms with Crippen LogP contribution in [-0.2, 0) is 4.43 Å². The van der Waals surface area contributed by atoms with Crippen LogP contribution in [0.4, 0.5) is 0 Å². The van der Waals surface area contributed by atoms with Crippen LogP contribution in [0.1, 0.15) is 69.2 Å². The van der Waals surface area contributed by atoms with E-state index in [1.165, 1.54) is 11.8 Å². The quantitative estimate of drug-likeness (QED) is 0.196. The molecule has 8 heteroatoms. The summed E-state index contributed by atoms with van der Waals surface area (Å²) in [6, 6.07) is 12.6. The molecule has 0 fully saturated rings. The summed E-state index contributed by atoms with van der Waals surface area (Å²) in [4.78, 5) is 30.5. The maximum Gasteiger partial charge on any atom is 0.276 e. The standard InChI is InChI=1S/C25H35N3O3SSi/c1-16(2)33(17(3)4,18(5)6)31-19(7)23(32-22-14-10-11-15-26-22)27-28-24(29)20-12-8-9-13-21(20)25(28)30/h8-19,23,27H,1-7H3/t19-,23+/m1/s1. The summed E-state index contributed by atoms with van der Waals surface area (Å²) < 4.78 is 6.99. The van der Waals surface area contributed by atoms with Gasteiger partial charge in [0.1, 0.15) is 5.37 Å².